The molecule has 1 fully saturated rings. The molecule has 2 N–H and O–H groups in total. The number of likely N-dealkylation sites (tertiary alicyclic amines) is 1. The molecular weight excluding hydrogens is 246 g/mol. The zero-order valence-corrected chi connectivity index (χ0v) is 12.0. The van der Waals surface area contributed by atoms with Gasteiger partial charge in [0, 0.05) is 23.3 Å². The zero-order valence-electron chi connectivity index (χ0n) is 11.2. The van der Waals surface area contributed by atoms with Gasteiger partial charge in [-0.1, -0.05) is 11.6 Å². The average molecular weight is 268 g/mol. The molecule has 3 nitrogen and oxygen atoms in total. The van der Waals surface area contributed by atoms with Gasteiger partial charge < -0.3 is 10.6 Å². The first-order valence-corrected chi connectivity index (χ1v) is 6.87. The average Bonchev–Trinajstić information content (AvgIpc) is 2.34. The van der Waals surface area contributed by atoms with E-state index >= 15 is 0 Å². The van der Waals surface area contributed by atoms with E-state index in [1.54, 1.807) is 0 Å². The molecule has 0 aliphatic carbocycles. The van der Waals surface area contributed by atoms with Crippen LogP contribution in [0.5, 0.6) is 0 Å². The summed E-state index contributed by atoms with van der Waals surface area (Å²) in [5, 5.41) is 0.760. The summed E-state index contributed by atoms with van der Waals surface area (Å²) in [7, 11) is 4.36. The Kier molecular flexibility index (Phi) is 4.49. The molecule has 0 unspecified atom stereocenters. The van der Waals surface area contributed by atoms with Gasteiger partial charge in [0.05, 0.1) is 0 Å². The molecule has 0 amide bonds. The molecule has 2 rings (SSSR count). The number of piperidine rings is 1. The van der Waals surface area contributed by atoms with Crippen molar-refractivity contribution in [1.29, 1.82) is 0 Å². The maximum Gasteiger partial charge on any atom is 0.0410 e. The van der Waals surface area contributed by atoms with Crippen LogP contribution in [0.3, 0.4) is 0 Å². The van der Waals surface area contributed by atoms with E-state index < -0.39 is 0 Å². The van der Waals surface area contributed by atoms with Crippen molar-refractivity contribution in [2.24, 2.45) is 0 Å². The van der Waals surface area contributed by atoms with E-state index in [1.807, 2.05) is 18.2 Å². The van der Waals surface area contributed by atoms with Crippen molar-refractivity contribution >= 4 is 17.3 Å². The SMILES string of the molecule is CN1CCC(N(C)Cc2cc(Cl)ccc2N)CC1. The van der Waals surface area contributed by atoms with Gasteiger partial charge in [0.25, 0.3) is 0 Å². The summed E-state index contributed by atoms with van der Waals surface area (Å²) >= 11 is 6.02. The molecule has 0 bridgehead atoms. The number of nitrogen functional groups attached to an aromatic ring is 1. The summed E-state index contributed by atoms with van der Waals surface area (Å²) < 4.78 is 0. The number of anilines is 1. The van der Waals surface area contributed by atoms with Crippen LogP contribution >= 0.6 is 11.6 Å². The molecule has 1 aromatic rings. The third-order valence-corrected chi connectivity index (χ3v) is 4.07. The number of rotatable bonds is 3. The summed E-state index contributed by atoms with van der Waals surface area (Å²) in [4.78, 5) is 4.78. The highest BCUT2D eigenvalue weighted by molar-refractivity contribution is 6.30. The van der Waals surface area contributed by atoms with Gasteiger partial charge in [0.1, 0.15) is 0 Å². The Morgan fingerprint density at radius 1 is 1.39 bits per heavy atom. The maximum absolute atomic E-state index is 6.02. The normalized spacial score (nSPS) is 18.4. The van der Waals surface area contributed by atoms with Crippen molar-refractivity contribution in [2.75, 3.05) is 32.9 Å². The molecule has 1 aliphatic rings. The molecule has 1 aromatic carbocycles. The van der Waals surface area contributed by atoms with Crippen LogP contribution in [-0.2, 0) is 6.54 Å². The minimum absolute atomic E-state index is 0.652. The van der Waals surface area contributed by atoms with Crippen LogP contribution in [0.15, 0.2) is 18.2 Å². The first-order chi connectivity index (χ1) is 8.56. The van der Waals surface area contributed by atoms with Crippen LogP contribution in [0.1, 0.15) is 18.4 Å². The number of nitrogens with two attached hydrogens (primary N) is 1. The summed E-state index contributed by atoms with van der Waals surface area (Å²) in [6.07, 6.45) is 2.46. The first kappa shape index (κ1) is 13.7. The van der Waals surface area contributed by atoms with Gasteiger partial charge in [0.15, 0.2) is 0 Å². The maximum atomic E-state index is 6.02. The van der Waals surface area contributed by atoms with Gasteiger partial charge in [-0.25, -0.2) is 0 Å². The Labute approximate surface area is 115 Å². The molecule has 1 heterocycles. The Bertz CT molecular complexity index is 400. The van der Waals surface area contributed by atoms with Gasteiger partial charge in [-0.05, 0) is 63.8 Å². The van der Waals surface area contributed by atoms with Crippen molar-refractivity contribution in [2.45, 2.75) is 25.4 Å². The van der Waals surface area contributed by atoms with Gasteiger partial charge in [-0.2, -0.15) is 0 Å². The number of halogens is 1. The fourth-order valence-corrected chi connectivity index (χ4v) is 2.74. The molecule has 0 saturated carbocycles. The number of nitrogens with zero attached hydrogens (tertiary/aromatic N) is 2. The Morgan fingerprint density at radius 2 is 2.06 bits per heavy atom. The van der Waals surface area contributed by atoms with Crippen molar-refractivity contribution < 1.29 is 0 Å². The molecule has 0 aromatic heterocycles. The molecule has 0 spiro atoms. The minimum Gasteiger partial charge on any atom is -0.398 e. The zero-order chi connectivity index (χ0) is 13.1. The molecule has 4 heteroatoms. The third kappa shape index (κ3) is 3.37. The number of hydrogen-bond acceptors (Lipinski definition) is 3. The van der Waals surface area contributed by atoms with E-state index in [2.05, 4.69) is 23.9 Å². The molecule has 18 heavy (non-hydrogen) atoms. The molecule has 1 saturated heterocycles. The van der Waals surface area contributed by atoms with Crippen LogP contribution in [0.2, 0.25) is 5.02 Å². The largest absolute Gasteiger partial charge is 0.398 e. The monoisotopic (exact) mass is 267 g/mol. The van der Waals surface area contributed by atoms with Crippen molar-refractivity contribution in [3.8, 4) is 0 Å². The predicted molar refractivity (Wildman–Crippen MR) is 77.9 cm³/mol. The lowest BCUT2D eigenvalue weighted by atomic mass is 10.0. The van der Waals surface area contributed by atoms with Gasteiger partial charge in [0.2, 0.25) is 0 Å². The summed E-state index contributed by atoms with van der Waals surface area (Å²) in [6, 6.07) is 6.36. The van der Waals surface area contributed by atoms with Crippen molar-refractivity contribution in [1.82, 2.24) is 9.80 Å². The standard InChI is InChI=1S/C14H22ClN3/c1-17-7-5-13(6-8-17)18(2)10-11-9-12(15)3-4-14(11)16/h3-4,9,13H,5-8,10,16H2,1-2H3. The lowest BCUT2D eigenvalue weighted by molar-refractivity contribution is 0.139. The second-order valence-corrected chi connectivity index (χ2v) is 5.73. The topological polar surface area (TPSA) is 32.5 Å². The second kappa shape index (κ2) is 5.91. The van der Waals surface area contributed by atoms with Crippen LogP contribution in [0, 0.1) is 0 Å². The molecular formula is C14H22ClN3. The Hall–Kier alpha value is -0.770. The molecule has 0 radical (unpaired) electrons. The summed E-state index contributed by atoms with van der Waals surface area (Å²) in [6.45, 7) is 3.24. The van der Waals surface area contributed by atoms with Crippen LogP contribution < -0.4 is 5.73 Å². The summed E-state index contributed by atoms with van der Waals surface area (Å²) in [5.41, 5.74) is 7.96. The van der Waals surface area contributed by atoms with Crippen LogP contribution in [0.4, 0.5) is 5.69 Å². The minimum atomic E-state index is 0.652. The fraction of sp³-hybridized carbons (Fsp3) is 0.571. The molecule has 0 atom stereocenters. The Morgan fingerprint density at radius 3 is 2.72 bits per heavy atom. The smallest absolute Gasteiger partial charge is 0.0410 e. The first-order valence-electron chi connectivity index (χ1n) is 6.49. The van der Waals surface area contributed by atoms with Crippen molar-refractivity contribution in [3.05, 3.63) is 28.8 Å². The highest BCUT2D eigenvalue weighted by Crippen LogP contribution is 2.22. The van der Waals surface area contributed by atoms with Crippen LogP contribution in [-0.4, -0.2) is 43.0 Å². The third-order valence-electron chi connectivity index (χ3n) is 3.84. The highest BCUT2D eigenvalue weighted by atomic mass is 35.5. The van der Waals surface area contributed by atoms with E-state index in [0.29, 0.717) is 6.04 Å². The van der Waals surface area contributed by atoms with Gasteiger partial charge in [-0.15, -0.1) is 0 Å². The Balaban J connectivity index is 1.98. The molecule has 100 valence electrons. The van der Waals surface area contributed by atoms with E-state index in [-0.39, 0.29) is 0 Å². The van der Waals surface area contributed by atoms with Gasteiger partial charge in [-0.3, -0.25) is 4.90 Å². The number of hydrogen-bond donors (Lipinski definition) is 1. The quantitative estimate of drug-likeness (QED) is 0.854. The molecule has 1 aliphatic heterocycles. The predicted octanol–water partition coefficient (Wildman–Crippen LogP) is 2.45. The van der Waals surface area contributed by atoms with E-state index in [0.717, 1.165) is 22.8 Å². The second-order valence-electron chi connectivity index (χ2n) is 5.29. The van der Waals surface area contributed by atoms with E-state index in [9.17, 15) is 0 Å². The van der Waals surface area contributed by atoms with Crippen LogP contribution in [0.25, 0.3) is 0 Å². The summed E-state index contributed by atoms with van der Waals surface area (Å²) in [5.74, 6) is 0. The fourth-order valence-electron chi connectivity index (χ4n) is 2.54. The highest BCUT2D eigenvalue weighted by Gasteiger charge is 2.20. The van der Waals surface area contributed by atoms with Gasteiger partial charge >= 0.3 is 0 Å². The number of benzene rings is 1. The van der Waals surface area contributed by atoms with E-state index in [1.165, 1.54) is 25.9 Å². The lowest BCUT2D eigenvalue weighted by Crippen LogP contribution is -2.41. The van der Waals surface area contributed by atoms with E-state index in [4.69, 9.17) is 17.3 Å². The van der Waals surface area contributed by atoms with Crippen molar-refractivity contribution in [3.63, 3.8) is 0 Å². The lowest BCUT2D eigenvalue weighted by Gasteiger charge is -2.35.